The van der Waals surface area contributed by atoms with Gasteiger partial charge >= 0.3 is 0 Å². The molecule has 0 aromatic carbocycles. The molecular weight excluding hydrogens is 162 g/mol. The van der Waals surface area contributed by atoms with Crippen LogP contribution in [0.1, 0.15) is 51.9 Å². The fraction of sp³-hybridized carbons (Fsp3) is 1.00. The maximum absolute atomic E-state index is 9.31. The average Bonchev–Trinajstić information content (AvgIpc) is 2.15. The zero-order valence-electron chi connectivity index (χ0n) is 8.76. The minimum atomic E-state index is -0.0197. The lowest BCUT2D eigenvalue weighted by Gasteiger charge is -2.26. The second-order valence-electron chi connectivity index (χ2n) is 4.17. The highest BCUT2D eigenvalue weighted by atomic mass is 16.3. The van der Waals surface area contributed by atoms with Crippen LogP contribution in [0.5, 0.6) is 0 Å². The normalized spacial score (nSPS) is 29.1. The molecule has 1 saturated carbocycles. The minimum absolute atomic E-state index is 0.0197. The first-order valence-corrected chi connectivity index (χ1v) is 5.74. The van der Waals surface area contributed by atoms with Crippen molar-refractivity contribution in [3.63, 3.8) is 0 Å². The Bertz CT molecular complexity index is 119. The number of hydrogen-bond acceptors (Lipinski definition) is 2. The molecule has 2 N–H and O–H groups in total. The summed E-state index contributed by atoms with van der Waals surface area (Å²) in [7, 11) is 0. The summed E-state index contributed by atoms with van der Waals surface area (Å²) in [6, 6.07) is 0.681. The predicted octanol–water partition coefficient (Wildman–Crippen LogP) is 2.07. The maximum atomic E-state index is 9.31. The van der Waals surface area contributed by atoms with Gasteiger partial charge in [0.25, 0.3) is 0 Å². The van der Waals surface area contributed by atoms with Crippen molar-refractivity contribution in [2.45, 2.75) is 64.0 Å². The van der Waals surface area contributed by atoms with Crippen LogP contribution in [-0.4, -0.2) is 23.8 Å². The van der Waals surface area contributed by atoms with Gasteiger partial charge in [0.05, 0.1) is 6.10 Å². The Morgan fingerprint density at radius 1 is 1.15 bits per heavy atom. The molecule has 1 aliphatic carbocycles. The third kappa shape index (κ3) is 4.63. The summed E-state index contributed by atoms with van der Waals surface area (Å²) in [5.41, 5.74) is 0. The van der Waals surface area contributed by atoms with Crippen LogP contribution in [-0.2, 0) is 0 Å². The van der Waals surface area contributed by atoms with E-state index in [1.54, 1.807) is 0 Å². The van der Waals surface area contributed by atoms with E-state index in [4.69, 9.17) is 0 Å². The Balaban J connectivity index is 1.96. The molecule has 2 nitrogen and oxygen atoms in total. The van der Waals surface area contributed by atoms with E-state index < -0.39 is 0 Å². The largest absolute Gasteiger partial charge is 0.393 e. The van der Waals surface area contributed by atoms with Crippen LogP contribution >= 0.6 is 0 Å². The average molecular weight is 185 g/mol. The molecule has 1 aliphatic rings. The third-order valence-electron chi connectivity index (χ3n) is 2.91. The Labute approximate surface area is 81.7 Å². The Hall–Kier alpha value is -0.0800. The van der Waals surface area contributed by atoms with Crippen molar-refractivity contribution in [1.29, 1.82) is 0 Å². The molecule has 78 valence electrons. The van der Waals surface area contributed by atoms with Crippen LogP contribution in [0.4, 0.5) is 0 Å². The van der Waals surface area contributed by atoms with Gasteiger partial charge < -0.3 is 10.4 Å². The molecule has 0 spiro atoms. The smallest absolute Gasteiger partial charge is 0.0541 e. The van der Waals surface area contributed by atoms with E-state index >= 15 is 0 Å². The predicted molar refractivity (Wildman–Crippen MR) is 55.8 cm³/mol. The number of aliphatic hydroxyl groups excluding tert-OH is 1. The van der Waals surface area contributed by atoms with Gasteiger partial charge in [0.2, 0.25) is 0 Å². The van der Waals surface area contributed by atoms with E-state index in [-0.39, 0.29) is 6.10 Å². The van der Waals surface area contributed by atoms with Crippen LogP contribution < -0.4 is 5.32 Å². The molecule has 1 fully saturated rings. The van der Waals surface area contributed by atoms with Gasteiger partial charge in [-0.15, -0.1) is 0 Å². The molecule has 0 radical (unpaired) electrons. The lowest BCUT2D eigenvalue weighted by atomic mass is 9.93. The molecule has 2 heteroatoms. The highest BCUT2D eigenvalue weighted by Crippen LogP contribution is 2.18. The van der Waals surface area contributed by atoms with Crippen LogP contribution in [0.3, 0.4) is 0 Å². The third-order valence-corrected chi connectivity index (χ3v) is 2.91. The van der Waals surface area contributed by atoms with Gasteiger partial charge in [-0.25, -0.2) is 0 Å². The first-order valence-electron chi connectivity index (χ1n) is 5.74. The van der Waals surface area contributed by atoms with Crippen LogP contribution in [0.2, 0.25) is 0 Å². The van der Waals surface area contributed by atoms with E-state index in [0.717, 1.165) is 32.2 Å². The fourth-order valence-electron chi connectivity index (χ4n) is 1.96. The van der Waals surface area contributed by atoms with Crippen molar-refractivity contribution in [3.8, 4) is 0 Å². The van der Waals surface area contributed by atoms with Gasteiger partial charge in [-0.1, -0.05) is 19.8 Å². The van der Waals surface area contributed by atoms with Crippen molar-refractivity contribution < 1.29 is 5.11 Å². The lowest BCUT2D eigenvalue weighted by molar-refractivity contribution is 0.117. The number of aliphatic hydroxyl groups is 1. The van der Waals surface area contributed by atoms with Crippen molar-refractivity contribution in [2.24, 2.45) is 0 Å². The standard InChI is InChI=1S/C11H23NO/c1-2-3-4-9-12-10-5-7-11(13)8-6-10/h10-13H,2-9H2,1H3. The summed E-state index contributed by atoms with van der Waals surface area (Å²) in [4.78, 5) is 0. The quantitative estimate of drug-likeness (QED) is 0.643. The SMILES string of the molecule is CCCCCNC1CCC(O)CC1. The highest BCUT2D eigenvalue weighted by Gasteiger charge is 2.17. The second kappa shape index (κ2) is 6.39. The van der Waals surface area contributed by atoms with E-state index in [9.17, 15) is 5.11 Å². The zero-order valence-corrected chi connectivity index (χ0v) is 8.76. The van der Waals surface area contributed by atoms with Crippen LogP contribution in [0, 0.1) is 0 Å². The van der Waals surface area contributed by atoms with Gasteiger partial charge in [0, 0.05) is 6.04 Å². The highest BCUT2D eigenvalue weighted by molar-refractivity contribution is 4.76. The summed E-state index contributed by atoms with van der Waals surface area (Å²) >= 11 is 0. The van der Waals surface area contributed by atoms with Crippen molar-refractivity contribution in [1.82, 2.24) is 5.32 Å². The Kier molecular flexibility index (Phi) is 5.40. The number of nitrogens with one attached hydrogen (secondary N) is 1. The fourth-order valence-corrected chi connectivity index (χ4v) is 1.96. The summed E-state index contributed by atoms with van der Waals surface area (Å²) in [6.07, 6.45) is 8.22. The Morgan fingerprint density at radius 3 is 2.46 bits per heavy atom. The summed E-state index contributed by atoms with van der Waals surface area (Å²) in [5, 5.41) is 12.9. The zero-order chi connectivity index (χ0) is 9.52. The summed E-state index contributed by atoms with van der Waals surface area (Å²) in [5.74, 6) is 0. The molecule has 0 aliphatic heterocycles. The van der Waals surface area contributed by atoms with Gasteiger partial charge in [-0.05, 0) is 38.6 Å². The molecule has 0 amide bonds. The number of hydrogen-bond donors (Lipinski definition) is 2. The van der Waals surface area contributed by atoms with Crippen molar-refractivity contribution in [3.05, 3.63) is 0 Å². The first kappa shape index (κ1) is 11.0. The maximum Gasteiger partial charge on any atom is 0.0541 e. The van der Waals surface area contributed by atoms with E-state index in [0.29, 0.717) is 6.04 Å². The molecule has 0 atom stereocenters. The molecule has 0 unspecified atom stereocenters. The van der Waals surface area contributed by atoms with Crippen molar-refractivity contribution >= 4 is 0 Å². The number of unbranched alkanes of at least 4 members (excludes halogenated alkanes) is 2. The molecule has 13 heavy (non-hydrogen) atoms. The molecule has 1 rings (SSSR count). The van der Waals surface area contributed by atoms with E-state index in [1.165, 1.54) is 19.3 Å². The summed E-state index contributed by atoms with van der Waals surface area (Å²) < 4.78 is 0. The minimum Gasteiger partial charge on any atom is -0.393 e. The molecule has 0 heterocycles. The number of rotatable bonds is 5. The van der Waals surface area contributed by atoms with Gasteiger partial charge in [0.1, 0.15) is 0 Å². The van der Waals surface area contributed by atoms with Crippen LogP contribution in [0.25, 0.3) is 0 Å². The van der Waals surface area contributed by atoms with E-state index in [2.05, 4.69) is 12.2 Å². The first-order chi connectivity index (χ1) is 6.33. The van der Waals surface area contributed by atoms with Gasteiger partial charge in [-0.2, -0.15) is 0 Å². The second-order valence-corrected chi connectivity index (χ2v) is 4.17. The Morgan fingerprint density at radius 2 is 1.85 bits per heavy atom. The monoisotopic (exact) mass is 185 g/mol. The molecule has 0 bridgehead atoms. The molecule has 0 aromatic rings. The van der Waals surface area contributed by atoms with Gasteiger partial charge in [0.15, 0.2) is 0 Å². The van der Waals surface area contributed by atoms with Crippen molar-refractivity contribution in [2.75, 3.05) is 6.54 Å². The topological polar surface area (TPSA) is 32.3 Å². The lowest BCUT2D eigenvalue weighted by Crippen LogP contribution is -2.35. The summed E-state index contributed by atoms with van der Waals surface area (Å²) in [6.45, 7) is 3.39. The van der Waals surface area contributed by atoms with Crippen LogP contribution in [0.15, 0.2) is 0 Å². The molecular formula is C11H23NO. The molecule has 0 aromatic heterocycles. The van der Waals surface area contributed by atoms with Gasteiger partial charge in [-0.3, -0.25) is 0 Å². The van der Waals surface area contributed by atoms with E-state index in [1.807, 2.05) is 0 Å². The molecule has 0 saturated heterocycles.